The Morgan fingerprint density at radius 1 is 1.13 bits per heavy atom. The van der Waals surface area contributed by atoms with E-state index in [1.165, 1.54) is 6.92 Å². The van der Waals surface area contributed by atoms with Gasteiger partial charge in [-0.3, -0.25) is 4.79 Å². The minimum absolute atomic E-state index is 0.0998. The first-order chi connectivity index (χ1) is 10.9. The van der Waals surface area contributed by atoms with Gasteiger partial charge in [0.25, 0.3) is 0 Å². The monoisotopic (exact) mass is 312 g/mol. The Labute approximate surface area is 135 Å². The molecule has 120 valence electrons. The first-order valence-electron chi connectivity index (χ1n) is 7.15. The molecule has 2 aromatic carbocycles. The lowest BCUT2D eigenvalue weighted by atomic mass is 10.1. The van der Waals surface area contributed by atoms with Crippen molar-refractivity contribution in [1.82, 2.24) is 0 Å². The highest BCUT2D eigenvalue weighted by atomic mass is 16.5. The Morgan fingerprint density at radius 3 is 2.35 bits per heavy atom. The van der Waals surface area contributed by atoms with Crippen molar-refractivity contribution in [3.63, 3.8) is 0 Å². The molecular formula is C17H20N4O2. The first-order valence-corrected chi connectivity index (χ1v) is 7.15. The average Bonchev–Trinajstić information content (AvgIpc) is 2.49. The fourth-order valence-corrected chi connectivity index (χ4v) is 2.26. The number of aryl methyl sites for hydroxylation is 2. The van der Waals surface area contributed by atoms with Crippen molar-refractivity contribution in [2.24, 2.45) is 10.2 Å². The van der Waals surface area contributed by atoms with Crippen LogP contribution in [0.25, 0.3) is 0 Å². The van der Waals surface area contributed by atoms with Crippen LogP contribution in [0.15, 0.2) is 40.6 Å². The molecular weight excluding hydrogens is 292 g/mol. The molecule has 0 bridgehead atoms. The summed E-state index contributed by atoms with van der Waals surface area (Å²) in [5.74, 6) is 0.467. The number of ether oxygens (including phenoxy) is 1. The van der Waals surface area contributed by atoms with E-state index in [1.54, 1.807) is 25.3 Å². The fraction of sp³-hybridized carbons (Fsp3) is 0.235. The van der Waals surface area contributed by atoms with Crippen molar-refractivity contribution < 1.29 is 9.53 Å². The molecule has 0 spiro atoms. The average molecular weight is 312 g/mol. The second-order valence-electron chi connectivity index (χ2n) is 5.27. The van der Waals surface area contributed by atoms with E-state index < -0.39 is 0 Å². The number of hydrogen-bond donors (Lipinski definition) is 2. The van der Waals surface area contributed by atoms with Crippen LogP contribution in [0.2, 0.25) is 0 Å². The molecule has 0 saturated carbocycles. The summed E-state index contributed by atoms with van der Waals surface area (Å²) >= 11 is 0. The highest BCUT2D eigenvalue weighted by Gasteiger charge is 2.07. The van der Waals surface area contributed by atoms with Crippen LogP contribution >= 0.6 is 0 Å². The zero-order valence-corrected chi connectivity index (χ0v) is 13.7. The highest BCUT2D eigenvalue weighted by molar-refractivity contribution is 5.90. The van der Waals surface area contributed by atoms with Gasteiger partial charge in [0.05, 0.1) is 12.8 Å². The largest absolute Gasteiger partial charge is 0.494 e. The first kappa shape index (κ1) is 16.5. The summed E-state index contributed by atoms with van der Waals surface area (Å²) < 4.78 is 5.24. The number of rotatable bonds is 4. The molecule has 0 fully saturated rings. The third kappa shape index (κ3) is 4.06. The molecule has 3 N–H and O–H groups in total. The van der Waals surface area contributed by atoms with Crippen LogP contribution in [0.4, 0.5) is 22.7 Å². The molecule has 6 heteroatoms. The van der Waals surface area contributed by atoms with Crippen molar-refractivity contribution in [1.29, 1.82) is 0 Å². The number of nitrogens with one attached hydrogen (secondary N) is 1. The van der Waals surface area contributed by atoms with Crippen molar-refractivity contribution in [3.05, 3.63) is 41.5 Å². The number of nitrogens with two attached hydrogens (primary N) is 1. The summed E-state index contributed by atoms with van der Waals surface area (Å²) in [6.07, 6.45) is 0. The number of methoxy groups -OCH3 is 1. The SMILES string of the molecule is COc1cc(N)ccc1N=Nc1cc(C)c(NC(C)=O)c(C)c1. The fourth-order valence-electron chi connectivity index (χ4n) is 2.26. The molecule has 0 atom stereocenters. The van der Waals surface area contributed by atoms with E-state index in [0.717, 1.165) is 16.8 Å². The zero-order chi connectivity index (χ0) is 17.0. The lowest BCUT2D eigenvalue weighted by molar-refractivity contribution is -0.114. The Kier molecular flexibility index (Phi) is 4.95. The molecule has 0 heterocycles. The van der Waals surface area contributed by atoms with Crippen molar-refractivity contribution in [3.8, 4) is 5.75 Å². The van der Waals surface area contributed by atoms with Crippen LogP contribution in [-0.2, 0) is 4.79 Å². The number of carbonyl (C=O) groups is 1. The van der Waals surface area contributed by atoms with Gasteiger partial charge in [0, 0.05) is 24.4 Å². The van der Waals surface area contributed by atoms with E-state index >= 15 is 0 Å². The maximum absolute atomic E-state index is 11.2. The van der Waals surface area contributed by atoms with Crippen molar-refractivity contribution in [2.75, 3.05) is 18.2 Å². The van der Waals surface area contributed by atoms with Crippen LogP contribution < -0.4 is 15.8 Å². The van der Waals surface area contributed by atoms with E-state index in [-0.39, 0.29) is 5.91 Å². The molecule has 2 aromatic rings. The molecule has 0 aliphatic carbocycles. The van der Waals surface area contributed by atoms with Gasteiger partial charge in [-0.1, -0.05) is 0 Å². The quantitative estimate of drug-likeness (QED) is 0.652. The van der Waals surface area contributed by atoms with Gasteiger partial charge in [-0.05, 0) is 49.2 Å². The molecule has 0 aromatic heterocycles. The second kappa shape index (κ2) is 6.91. The maximum Gasteiger partial charge on any atom is 0.221 e. The molecule has 0 radical (unpaired) electrons. The van der Waals surface area contributed by atoms with Crippen LogP contribution in [0.5, 0.6) is 5.75 Å². The van der Waals surface area contributed by atoms with Crippen molar-refractivity contribution in [2.45, 2.75) is 20.8 Å². The third-order valence-corrected chi connectivity index (χ3v) is 3.30. The summed E-state index contributed by atoms with van der Waals surface area (Å²) in [6, 6.07) is 8.93. The van der Waals surface area contributed by atoms with E-state index in [9.17, 15) is 4.79 Å². The molecule has 0 saturated heterocycles. The van der Waals surface area contributed by atoms with Crippen LogP contribution in [0.3, 0.4) is 0 Å². The van der Waals surface area contributed by atoms with E-state index in [0.29, 0.717) is 22.8 Å². The second-order valence-corrected chi connectivity index (χ2v) is 5.27. The van der Waals surface area contributed by atoms with Gasteiger partial charge in [0.15, 0.2) is 0 Å². The summed E-state index contributed by atoms with van der Waals surface area (Å²) in [6.45, 7) is 5.32. The molecule has 1 amide bonds. The predicted molar refractivity (Wildman–Crippen MR) is 91.8 cm³/mol. The lowest BCUT2D eigenvalue weighted by Gasteiger charge is -2.11. The number of anilines is 2. The topological polar surface area (TPSA) is 89.1 Å². The van der Waals surface area contributed by atoms with E-state index in [2.05, 4.69) is 15.5 Å². The van der Waals surface area contributed by atoms with Gasteiger partial charge in [-0.25, -0.2) is 0 Å². The van der Waals surface area contributed by atoms with Crippen molar-refractivity contribution >= 4 is 28.7 Å². The Morgan fingerprint density at radius 2 is 1.78 bits per heavy atom. The molecule has 23 heavy (non-hydrogen) atoms. The van der Waals surface area contributed by atoms with E-state index in [4.69, 9.17) is 10.5 Å². The van der Waals surface area contributed by atoms with Gasteiger partial charge >= 0.3 is 0 Å². The summed E-state index contributed by atoms with van der Waals surface area (Å²) in [7, 11) is 1.56. The Balaban J connectivity index is 2.32. The third-order valence-electron chi connectivity index (χ3n) is 3.30. The standard InChI is InChI=1S/C17H20N4O2/c1-10-7-14(8-11(2)17(10)19-12(3)22)20-21-15-6-5-13(18)9-16(15)23-4/h5-9H,18H2,1-4H3,(H,19,22). The number of benzene rings is 2. The predicted octanol–water partition coefficient (Wildman–Crippen LogP) is 4.27. The normalized spacial score (nSPS) is 10.8. The van der Waals surface area contributed by atoms with Crippen LogP contribution in [0.1, 0.15) is 18.1 Å². The molecule has 0 aliphatic heterocycles. The summed E-state index contributed by atoms with van der Waals surface area (Å²) in [5, 5.41) is 11.3. The van der Waals surface area contributed by atoms with Gasteiger partial charge < -0.3 is 15.8 Å². The summed E-state index contributed by atoms with van der Waals surface area (Å²) in [5.41, 5.74) is 10.3. The number of carbonyl (C=O) groups excluding carboxylic acids is 1. The van der Waals surface area contributed by atoms with E-state index in [1.807, 2.05) is 26.0 Å². The zero-order valence-electron chi connectivity index (χ0n) is 13.7. The van der Waals surface area contributed by atoms with Gasteiger partial charge in [0.1, 0.15) is 11.4 Å². The lowest BCUT2D eigenvalue weighted by Crippen LogP contribution is -2.08. The molecule has 2 rings (SSSR count). The molecule has 6 nitrogen and oxygen atoms in total. The van der Waals surface area contributed by atoms with Gasteiger partial charge in [-0.2, -0.15) is 5.11 Å². The number of hydrogen-bond acceptors (Lipinski definition) is 5. The maximum atomic E-state index is 11.2. The Bertz CT molecular complexity index is 746. The molecule has 0 unspecified atom stereocenters. The van der Waals surface area contributed by atoms with Gasteiger partial charge in [-0.15, -0.1) is 5.11 Å². The Hall–Kier alpha value is -2.89. The minimum Gasteiger partial charge on any atom is -0.494 e. The van der Waals surface area contributed by atoms with Gasteiger partial charge in [0.2, 0.25) is 5.91 Å². The molecule has 0 aliphatic rings. The van der Waals surface area contributed by atoms with Crippen LogP contribution in [0, 0.1) is 13.8 Å². The number of amides is 1. The smallest absolute Gasteiger partial charge is 0.221 e. The minimum atomic E-state index is -0.0998. The number of azo groups is 1. The summed E-state index contributed by atoms with van der Waals surface area (Å²) in [4.78, 5) is 11.2. The highest BCUT2D eigenvalue weighted by Crippen LogP contribution is 2.32. The van der Waals surface area contributed by atoms with Crippen LogP contribution in [-0.4, -0.2) is 13.0 Å². The number of nitrogen functional groups attached to an aromatic ring is 1. The number of nitrogens with zero attached hydrogens (tertiary/aromatic N) is 2.